The maximum absolute atomic E-state index is 12.2. The molecular formula is C19H17N3O3. The Morgan fingerprint density at radius 2 is 1.80 bits per heavy atom. The van der Waals surface area contributed by atoms with Crippen LogP contribution in [0.5, 0.6) is 11.5 Å². The molecule has 3 rings (SSSR count). The fraction of sp³-hybridized carbons (Fsp3) is 0.105. The predicted octanol–water partition coefficient (Wildman–Crippen LogP) is 3.34. The van der Waals surface area contributed by atoms with Crippen molar-refractivity contribution < 1.29 is 14.3 Å². The van der Waals surface area contributed by atoms with E-state index < -0.39 is 11.7 Å². The highest BCUT2D eigenvalue weighted by Crippen LogP contribution is 2.29. The maximum Gasteiger partial charge on any atom is 0.296 e. The zero-order valence-electron chi connectivity index (χ0n) is 13.9. The lowest BCUT2D eigenvalue weighted by Gasteiger charge is -2.11. The molecule has 2 aromatic carbocycles. The van der Waals surface area contributed by atoms with Gasteiger partial charge >= 0.3 is 0 Å². The molecule has 3 aromatic rings. The monoisotopic (exact) mass is 335 g/mol. The van der Waals surface area contributed by atoms with E-state index in [0.29, 0.717) is 17.2 Å². The van der Waals surface area contributed by atoms with Crippen LogP contribution in [0.2, 0.25) is 0 Å². The third-order valence-corrected chi connectivity index (χ3v) is 3.56. The standard InChI is InChI=1S/C19H17N3O3/c1-13-7-9-15(10-8-13)25-17-6-4-3-5-16(17)21-19(24)18(23)14-11-20-22(2)12-14/h3-12H,1-2H3,(H,21,24). The second-order valence-corrected chi connectivity index (χ2v) is 5.60. The van der Waals surface area contributed by atoms with E-state index in [4.69, 9.17) is 4.74 Å². The van der Waals surface area contributed by atoms with Gasteiger partial charge in [0.05, 0.1) is 17.4 Å². The number of amides is 1. The summed E-state index contributed by atoms with van der Waals surface area (Å²) in [6.45, 7) is 1.99. The summed E-state index contributed by atoms with van der Waals surface area (Å²) in [5.41, 5.74) is 1.78. The van der Waals surface area contributed by atoms with Crippen LogP contribution in [-0.4, -0.2) is 21.5 Å². The van der Waals surface area contributed by atoms with Crippen LogP contribution in [0.3, 0.4) is 0 Å². The third-order valence-electron chi connectivity index (χ3n) is 3.56. The van der Waals surface area contributed by atoms with Crippen molar-refractivity contribution in [1.29, 1.82) is 0 Å². The topological polar surface area (TPSA) is 73.2 Å². The number of carbonyl (C=O) groups excluding carboxylic acids is 2. The van der Waals surface area contributed by atoms with Gasteiger partial charge < -0.3 is 10.1 Å². The number of aromatic nitrogens is 2. The van der Waals surface area contributed by atoms with Crippen molar-refractivity contribution in [2.75, 3.05) is 5.32 Å². The number of carbonyl (C=O) groups is 2. The van der Waals surface area contributed by atoms with Crippen molar-refractivity contribution in [3.8, 4) is 11.5 Å². The van der Waals surface area contributed by atoms with Crippen LogP contribution in [0.25, 0.3) is 0 Å². The normalized spacial score (nSPS) is 10.3. The molecule has 0 atom stereocenters. The Bertz CT molecular complexity index is 914. The Morgan fingerprint density at radius 3 is 2.48 bits per heavy atom. The minimum Gasteiger partial charge on any atom is -0.455 e. The van der Waals surface area contributed by atoms with Crippen molar-refractivity contribution in [2.24, 2.45) is 7.05 Å². The lowest BCUT2D eigenvalue weighted by molar-refractivity contribution is -0.112. The highest BCUT2D eigenvalue weighted by Gasteiger charge is 2.19. The molecule has 6 nitrogen and oxygen atoms in total. The van der Waals surface area contributed by atoms with Crippen molar-refractivity contribution in [3.05, 3.63) is 72.1 Å². The molecule has 0 spiro atoms. The van der Waals surface area contributed by atoms with E-state index in [2.05, 4.69) is 10.4 Å². The van der Waals surface area contributed by atoms with Gasteiger partial charge in [-0.3, -0.25) is 14.3 Å². The number of hydrogen-bond donors (Lipinski definition) is 1. The molecule has 0 saturated heterocycles. The van der Waals surface area contributed by atoms with Crippen LogP contribution in [0.1, 0.15) is 15.9 Å². The summed E-state index contributed by atoms with van der Waals surface area (Å²) in [5.74, 6) is -0.296. The van der Waals surface area contributed by atoms with Crippen LogP contribution in [0, 0.1) is 6.92 Å². The van der Waals surface area contributed by atoms with Crippen molar-refractivity contribution in [3.63, 3.8) is 0 Å². The van der Waals surface area contributed by atoms with Crippen molar-refractivity contribution in [2.45, 2.75) is 6.92 Å². The smallest absolute Gasteiger partial charge is 0.296 e. The number of benzene rings is 2. The van der Waals surface area contributed by atoms with Crippen LogP contribution in [0.4, 0.5) is 5.69 Å². The Labute approximate surface area is 145 Å². The second-order valence-electron chi connectivity index (χ2n) is 5.60. The van der Waals surface area contributed by atoms with Gasteiger partial charge in [-0.25, -0.2) is 0 Å². The molecule has 0 bridgehead atoms. The number of anilines is 1. The van der Waals surface area contributed by atoms with Crippen LogP contribution in [0.15, 0.2) is 60.9 Å². The molecule has 0 aliphatic heterocycles. The molecule has 0 aliphatic carbocycles. The van der Waals surface area contributed by atoms with Crippen LogP contribution < -0.4 is 10.1 Å². The van der Waals surface area contributed by atoms with Gasteiger partial charge in [-0.1, -0.05) is 29.8 Å². The molecule has 1 aromatic heterocycles. The van der Waals surface area contributed by atoms with Gasteiger partial charge in [0.15, 0.2) is 5.75 Å². The average molecular weight is 335 g/mol. The quantitative estimate of drug-likeness (QED) is 0.573. The molecule has 6 heteroatoms. The summed E-state index contributed by atoms with van der Waals surface area (Å²) in [7, 11) is 1.68. The third kappa shape index (κ3) is 3.92. The largest absolute Gasteiger partial charge is 0.455 e. The molecule has 1 amide bonds. The van der Waals surface area contributed by atoms with Gasteiger partial charge in [0.25, 0.3) is 11.7 Å². The Morgan fingerprint density at radius 1 is 1.08 bits per heavy atom. The number of para-hydroxylation sites is 2. The van der Waals surface area contributed by atoms with Crippen LogP contribution >= 0.6 is 0 Å². The summed E-state index contributed by atoms with van der Waals surface area (Å²) in [6, 6.07) is 14.5. The number of nitrogens with one attached hydrogen (secondary N) is 1. The summed E-state index contributed by atoms with van der Waals surface area (Å²) < 4.78 is 7.28. The molecule has 0 radical (unpaired) electrons. The Hall–Kier alpha value is -3.41. The number of hydrogen-bond acceptors (Lipinski definition) is 4. The van der Waals surface area contributed by atoms with E-state index in [9.17, 15) is 9.59 Å². The van der Waals surface area contributed by atoms with Gasteiger partial charge in [0.1, 0.15) is 5.75 Å². The van der Waals surface area contributed by atoms with Crippen molar-refractivity contribution >= 4 is 17.4 Å². The minimum atomic E-state index is -0.743. The Kier molecular flexibility index (Phi) is 4.61. The van der Waals surface area contributed by atoms with E-state index in [-0.39, 0.29) is 5.56 Å². The molecule has 1 N–H and O–H groups in total. The fourth-order valence-electron chi connectivity index (χ4n) is 2.24. The highest BCUT2D eigenvalue weighted by atomic mass is 16.5. The molecule has 25 heavy (non-hydrogen) atoms. The average Bonchev–Trinajstić information content (AvgIpc) is 3.04. The lowest BCUT2D eigenvalue weighted by atomic mass is 10.2. The van der Waals surface area contributed by atoms with Gasteiger partial charge in [-0.15, -0.1) is 0 Å². The zero-order valence-corrected chi connectivity index (χ0v) is 13.9. The molecule has 0 unspecified atom stereocenters. The van der Waals surface area contributed by atoms with E-state index in [1.807, 2.05) is 31.2 Å². The Balaban J connectivity index is 1.77. The molecule has 126 valence electrons. The summed E-state index contributed by atoms with van der Waals surface area (Å²) in [5, 5.41) is 6.50. The molecule has 0 saturated carbocycles. The van der Waals surface area contributed by atoms with E-state index in [0.717, 1.165) is 5.56 Å². The predicted molar refractivity (Wildman–Crippen MR) is 93.9 cm³/mol. The van der Waals surface area contributed by atoms with E-state index in [1.54, 1.807) is 31.3 Å². The number of ether oxygens (including phenoxy) is 1. The highest BCUT2D eigenvalue weighted by molar-refractivity contribution is 6.46. The maximum atomic E-state index is 12.2. The lowest BCUT2D eigenvalue weighted by Crippen LogP contribution is -2.22. The number of aryl methyl sites for hydroxylation is 2. The fourth-order valence-corrected chi connectivity index (χ4v) is 2.24. The molecule has 0 fully saturated rings. The first kappa shape index (κ1) is 16.4. The number of ketones is 1. The number of Topliss-reactive ketones (excluding diaryl/α,β-unsaturated/α-hetero) is 1. The summed E-state index contributed by atoms with van der Waals surface area (Å²) in [4.78, 5) is 24.4. The number of rotatable bonds is 5. The zero-order chi connectivity index (χ0) is 17.8. The van der Waals surface area contributed by atoms with Crippen molar-refractivity contribution in [1.82, 2.24) is 9.78 Å². The first-order chi connectivity index (χ1) is 12.0. The number of nitrogens with zero attached hydrogens (tertiary/aromatic N) is 2. The van der Waals surface area contributed by atoms with Crippen LogP contribution in [-0.2, 0) is 11.8 Å². The molecular weight excluding hydrogens is 318 g/mol. The second kappa shape index (κ2) is 7.00. The summed E-state index contributed by atoms with van der Waals surface area (Å²) >= 11 is 0. The molecule has 0 aliphatic rings. The first-order valence-corrected chi connectivity index (χ1v) is 7.71. The minimum absolute atomic E-state index is 0.233. The SMILES string of the molecule is Cc1ccc(Oc2ccccc2NC(=O)C(=O)c2cnn(C)c2)cc1. The van der Waals surface area contributed by atoms with Gasteiger partial charge in [-0.2, -0.15) is 5.10 Å². The van der Waals surface area contributed by atoms with E-state index in [1.165, 1.54) is 17.1 Å². The van der Waals surface area contributed by atoms with Gasteiger partial charge in [0, 0.05) is 13.2 Å². The molecule has 1 heterocycles. The summed E-state index contributed by atoms with van der Waals surface area (Å²) in [6.07, 6.45) is 2.85. The van der Waals surface area contributed by atoms with Gasteiger partial charge in [-0.05, 0) is 31.2 Å². The van der Waals surface area contributed by atoms with Gasteiger partial charge in [0.2, 0.25) is 0 Å². The first-order valence-electron chi connectivity index (χ1n) is 7.71. The van der Waals surface area contributed by atoms with E-state index >= 15 is 0 Å².